The van der Waals surface area contributed by atoms with Gasteiger partial charge in [-0.2, -0.15) is 0 Å². The molecule has 0 aliphatic carbocycles. The second-order valence-electron chi connectivity index (χ2n) is 6.93. The normalized spacial score (nSPS) is 21.3. The Hall–Kier alpha value is -2.31. The Balaban J connectivity index is 1.57. The second kappa shape index (κ2) is 7.51. The van der Waals surface area contributed by atoms with Crippen LogP contribution in [0.25, 0.3) is 0 Å². The Labute approximate surface area is 150 Å². The Kier molecular flexibility index (Phi) is 5.34. The molecule has 1 aromatic carbocycles. The molecule has 5 nitrogen and oxygen atoms in total. The summed E-state index contributed by atoms with van der Waals surface area (Å²) in [6.45, 7) is 3.83. The van der Waals surface area contributed by atoms with Gasteiger partial charge in [0.15, 0.2) is 17.4 Å². The monoisotopic (exact) mass is 364 g/mol. The van der Waals surface area contributed by atoms with Crippen molar-refractivity contribution in [1.82, 2.24) is 9.80 Å². The van der Waals surface area contributed by atoms with Crippen LogP contribution >= 0.6 is 0 Å². The van der Waals surface area contributed by atoms with E-state index < -0.39 is 11.6 Å². The van der Waals surface area contributed by atoms with E-state index in [2.05, 4.69) is 0 Å². The van der Waals surface area contributed by atoms with Gasteiger partial charge in [-0.1, -0.05) is 0 Å². The van der Waals surface area contributed by atoms with E-state index in [4.69, 9.17) is 0 Å². The third-order valence-corrected chi connectivity index (χ3v) is 5.33. The first-order chi connectivity index (χ1) is 12.4. The van der Waals surface area contributed by atoms with Crippen LogP contribution in [0.2, 0.25) is 0 Å². The highest BCUT2D eigenvalue weighted by Gasteiger charge is 2.37. The Morgan fingerprint density at radius 1 is 1.12 bits per heavy atom. The zero-order valence-electron chi connectivity index (χ0n) is 14.7. The van der Waals surface area contributed by atoms with Crippen molar-refractivity contribution >= 4 is 17.6 Å². The molecule has 2 aliphatic heterocycles. The molecule has 26 heavy (non-hydrogen) atoms. The topological polar surface area (TPSA) is 57.7 Å². The van der Waals surface area contributed by atoms with E-state index in [9.17, 15) is 23.2 Å². The van der Waals surface area contributed by atoms with E-state index >= 15 is 0 Å². The Morgan fingerprint density at radius 3 is 2.38 bits per heavy atom. The maximum atomic E-state index is 13.3. The summed E-state index contributed by atoms with van der Waals surface area (Å²) >= 11 is 0. The van der Waals surface area contributed by atoms with Crippen molar-refractivity contribution in [3.8, 4) is 0 Å². The van der Waals surface area contributed by atoms with E-state index in [-0.39, 0.29) is 41.4 Å². The predicted molar refractivity (Wildman–Crippen MR) is 90.4 cm³/mol. The lowest BCUT2D eigenvalue weighted by Gasteiger charge is -2.33. The molecular weight excluding hydrogens is 342 g/mol. The first kappa shape index (κ1) is 18.5. The second-order valence-corrected chi connectivity index (χ2v) is 6.93. The fourth-order valence-corrected chi connectivity index (χ4v) is 3.75. The standard InChI is InChI=1S/C19H22F2N2O3/c1-2-22-11-14(10-17(22)24)19(26)23-7-5-12(6-8-23)18(25)13-3-4-15(20)16(21)9-13/h3-4,9,12,14H,2,5-8,10-11H2,1H3/t14-/m1/s1. The number of nitrogens with zero attached hydrogens (tertiary/aromatic N) is 2. The van der Waals surface area contributed by atoms with Crippen LogP contribution < -0.4 is 0 Å². The number of Topliss-reactive ketones (excluding diaryl/α,β-unsaturated/α-hetero) is 1. The molecule has 140 valence electrons. The number of hydrogen-bond donors (Lipinski definition) is 0. The zero-order valence-corrected chi connectivity index (χ0v) is 14.7. The number of hydrogen-bond acceptors (Lipinski definition) is 3. The highest BCUT2D eigenvalue weighted by molar-refractivity contribution is 5.98. The van der Waals surface area contributed by atoms with Crippen LogP contribution in [0, 0.1) is 23.5 Å². The van der Waals surface area contributed by atoms with Gasteiger partial charge in [-0.15, -0.1) is 0 Å². The average Bonchev–Trinajstić information content (AvgIpc) is 3.03. The lowest BCUT2D eigenvalue weighted by Crippen LogP contribution is -2.43. The summed E-state index contributed by atoms with van der Waals surface area (Å²) in [6.07, 6.45) is 1.23. The lowest BCUT2D eigenvalue weighted by atomic mass is 9.88. The zero-order chi connectivity index (χ0) is 18.8. The molecule has 2 aliphatic rings. The van der Waals surface area contributed by atoms with Gasteiger partial charge in [0.2, 0.25) is 11.8 Å². The number of piperidine rings is 1. The van der Waals surface area contributed by atoms with Crippen molar-refractivity contribution in [3.63, 3.8) is 0 Å². The largest absolute Gasteiger partial charge is 0.342 e. The van der Waals surface area contributed by atoms with Gasteiger partial charge < -0.3 is 9.80 Å². The summed E-state index contributed by atoms with van der Waals surface area (Å²) in [5.41, 5.74) is 0.161. The summed E-state index contributed by atoms with van der Waals surface area (Å²) < 4.78 is 26.3. The first-order valence-electron chi connectivity index (χ1n) is 8.96. The molecule has 2 saturated heterocycles. The van der Waals surface area contributed by atoms with Gasteiger partial charge in [0, 0.05) is 44.1 Å². The predicted octanol–water partition coefficient (Wildman–Crippen LogP) is 2.25. The van der Waals surface area contributed by atoms with Crippen LogP contribution in [0.1, 0.15) is 36.5 Å². The fraction of sp³-hybridized carbons (Fsp3) is 0.526. The molecular formula is C19H22F2N2O3. The molecule has 0 spiro atoms. The van der Waals surface area contributed by atoms with Gasteiger partial charge in [-0.05, 0) is 38.0 Å². The van der Waals surface area contributed by atoms with Gasteiger partial charge in [0.1, 0.15) is 0 Å². The third-order valence-electron chi connectivity index (χ3n) is 5.33. The quantitative estimate of drug-likeness (QED) is 0.770. The molecule has 0 bridgehead atoms. The Morgan fingerprint density at radius 2 is 1.81 bits per heavy atom. The molecule has 0 aromatic heterocycles. The number of carbonyl (C=O) groups excluding carboxylic acids is 3. The van der Waals surface area contributed by atoms with Crippen molar-refractivity contribution in [2.45, 2.75) is 26.2 Å². The molecule has 3 rings (SSSR count). The van der Waals surface area contributed by atoms with Crippen LogP contribution in [0.15, 0.2) is 18.2 Å². The van der Waals surface area contributed by atoms with Gasteiger partial charge in [0.25, 0.3) is 0 Å². The van der Waals surface area contributed by atoms with Crippen LogP contribution in [0.3, 0.4) is 0 Å². The summed E-state index contributed by atoms with van der Waals surface area (Å²) in [7, 11) is 0. The van der Waals surface area contributed by atoms with Crippen molar-refractivity contribution in [2.75, 3.05) is 26.2 Å². The average molecular weight is 364 g/mol. The van der Waals surface area contributed by atoms with Gasteiger partial charge in [-0.25, -0.2) is 8.78 Å². The fourth-order valence-electron chi connectivity index (χ4n) is 3.75. The minimum absolute atomic E-state index is 0.00856. The Bertz CT molecular complexity index is 729. The first-order valence-corrected chi connectivity index (χ1v) is 8.96. The molecule has 2 amide bonds. The van der Waals surface area contributed by atoms with Crippen LogP contribution in [0.4, 0.5) is 8.78 Å². The molecule has 1 aromatic rings. The van der Waals surface area contributed by atoms with Crippen molar-refractivity contribution < 1.29 is 23.2 Å². The van der Waals surface area contributed by atoms with Crippen molar-refractivity contribution in [1.29, 1.82) is 0 Å². The van der Waals surface area contributed by atoms with Crippen molar-refractivity contribution in [2.24, 2.45) is 11.8 Å². The molecule has 1 atom stereocenters. The number of amides is 2. The van der Waals surface area contributed by atoms with Gasteiger partial charge >= 0.3 is 0 Å². The van der Waals surface area contributed by atoms with E-state index in [1.165, 1.54) is 6.07 Å². The third kappa shape index (κ3) is 3.61. The van der Waals surface area contributed by atoms with E-state index in [0.29, 0.717) is 39.0 Å². The van der Waals surface area contributed by atoms with Gasteiger partial charge in [0.05, 0.1) is 5.92 Å². The minimum atomic E-state index is -1.03. The molecule has 0 saturated carbocycles. The van der Waals surface area contributed by atoms with E-state index in [1.807, 2.05) is 6.92 Å². The molecule has 0 unspecified atom stereocenters. The van der Waals surface area contributed by atoms with E-state index in [1.54, 1.807) is 9.80 Å². The number of likely N-dealkylation sites (tertiary alicyclic amines) is 2. The maximum Gasteiger partial charge on any atom is 0.227 e. The highest BCUT2D eigenvalue weighted by atomic mass is 19.2. The molecule has 7 heteroatoms. The summed E-state index contributed by atoms with van der Waals surface area (Å²) in [6, 6.07) is 3.18. The van der Waals surface area contributed by atoms with Crippen LogP contribution in [-0.4, -0.2) is 53.6 Å². The SMILES string of the molecule is CCN1C[C@H](C(=O)N2CCC(C(=O)c3ccc(F)c(F)c3)CC2)CC1=O. The number of benzene rings is 1. The van der Waals surface area contributed by atoms with Crippen LogP contribution in [-0.2, 0) is 9.59 Å². The highest BCUT2D eigenvalue weighted by Crippen LogP contribution is 2.26. The number of ketones is 1. The number of rotatable bonds is 4. The van der Waals surface area contributed by atoms with E-state index in [0.717, 1.165) is 12.1 Å². The molecule has 0 radical (unpaired) electrons. The lowest BCUT2D eigenvalue weighted by molar-refractivity contribution is -0.137. The van der Waals surface area contributed by atoms with Crippen LogP contribution in [0.5, 0.6) is 0 Å². The summed E-state index contributed by atoms with van der Waals surface area (Å²) in [5, 5.41) is 0. The smallest absolute Gasteiger partial charge is 0.227 e. The minimum Gasteiger partial charge on any atom is -0.342 e. The maximum absolute atomic E-state index is 13.3. The summed E-state index contributed by atoms with van der Waals surface area (Å²) in [4.78, 5) is 40.3. The summed E-state index contributed by atoms with van der Waals surface area (Å²) in [5.74, 6) is -2.86. The molecule has 2 heterocycles. The number of carbonyl (C=O) groups is 3. The van der Waals surface area contributed by atoms with Gasteiger partial charge in [-0.3, -0.25) is 14.4 Å². The molecule has 0 N–H and O–H groups in total. The number of halogens is 2. The van der Waals surface area contributed by atoms with Crippen molar-refractivity contribution in [3.05, 3.63) is 35.4 Å². The molecule has 2 fully saturated rings.